The van der Waals surface area contributed by atoms with E-state index in [2.05, 4.69) is 5.32 Å². The number of carbonyl (C=O) groups is 1. The second-order valence-corrected chi connectivity index (χ2v) is 4.09. The van der Waals surface area contributed by atoms with E-state index in [9.17, 15) is 14.9 Å². The van der Waals surface area contributed by atoms with Crippen molar-refractivity contribution in [3.05, 3.63) is 33.9 Å². The highest BCUT2D eigenvalue weighted by Crippen LogP contribution is 2.28. The molecule has 0 saturated carbocycles. The van der Waals surface area contributed by atoms with E-state index >= 15 is 0 Å². The predicted molar refractivity (Wildman–Crippen MR) is 74.5 cm³/mol. The molecule has 0 fully saturated rings. The second kappa shape index (κ2) is 6.72. The summed E-state index contributed by atoms with van der Waals surface area (Å²) in [5, 5.41) is 13.7. The zero-order valence-electron chi connectivity index (χ0n) is 11.5. The van der Waals surface area contributed by atoms with E-state index < -0.39 is 4.92 Å². The Morgan fingerprint density at radius 3 is 2.58 bits per heavy atom. The third kappa shape index (κ3) is 3.21. The SMILES string of the molecule is CCCN(CC)C(=O)c1cccc([N+](=O)[O-])c1NC. The first-order chi connectivity index (χ1) is 9.06. The van der Waals surface area contributed by atoms with Crippen LogP contribution in [-0.2, 0) is 0 Å². The molecule has 6 nitrogen and oxygen atoms in total. The van der Waals surface area contributed by atoms with Gasteiger partial charge in [-0.05, 0) is 19.4 Å². The monoisotopic (exact) mass is 265 g/mol. The van der Waals surface area contributed by atoms with Crippen LogP contribution in [0.15, 0.2) is 18.2 Å². The van der Waals surface area contributed by atoms with Gasteiger partial charge in [-0.15, -0.1) is 0 Å². The van der Waals surface area contributed by atoms with Gasteiger partial charge < -0.3 is 10.2 Å². The number of benzene rings is 1. The minimum absolute atomic E-state index is 0.0825. The summed E-state index contributed by atoms with van der Waals surface area (Å²) in [6.45, 7) is 5.10. The summed E-state index contributed by atoms with van der Waals surface area (Å²) in [5.41, 5.74) is 0.528. The Labute approximate surface area is 112 Å². The minimum atomic E-state index is -0.487. The highest BCUT2D eigenvalue weighted by atomic mass is 16.6. The number of hydrogen-bond acceptors (Lipinski definition) is 4. The Hall–Kier alpha value is -2.11. The van der Waals surface area contributed by atoms with Crippen LogP contribution in [0.4, 0.5) is 11.4 Å². The first-order valence-electron chi connectivity index (χ1n) is 6.31. The molecule has 0 aromatic heterocycles. The maximum absolute atomic E-state index is 12.4. The predicted octanol–water partition coefficient (Wildman–Crippen LogP) is 2.51. The fourth-order valence-corrected chi connectivity index (χ4v) is 1.98. The van der Waals surface area contributed by atoms with E-state index in [4.69, 9.17) is 0 Å². The molecule has 0 heterocycles. The van der Waals surface area contributed by atoms with Crippen LogP contribution < -0.4 is 5.32 Å². The highest BCUT2D eigenvalue weighted by Gasteiger charge is 2.23. The van der Waals surface area contributed by atoms with Gasteiger partial charge >= 0.3 is 0 Å². The molecule has 104 valence electrons. The maximum atomic E-state index is 12.4. The Kier molecular flexibility index (Phi) is 5.29. The van der Waals surface area contributed by atoms with Gasteiger partial charge in [0.25, 0.3) is 11.6 Å². The van der Waals surface area contributed by atoms with Gasteiger partial charge in [-0.2, -0.15) is 0 Å². The molecular formula is C13H19N3O3. The molecule has 0 aliphatic rings. The summed E-state index contributed by atoms with van der Waals surface area (Å²) in [4.78, 5) is 24.5. The molecule has 0 aliphatic carbocycles. The third-order valence-corrected chi connectivity index (χ3v) is 2.88. The quantitative estimate of drug-likeness (QED) is 0.633. The number of nitrogens with one attached hydrogen (secondary N) is 1. The van der Waals surface area contributed by atoms with Gasteiger partial charge in [-0.3, -0.25) is 14.9 Å². The maximum Gasteiger partial charge on any atom is 0.293 e. The first kappa shape index (κ1) is 14.9. The Morgan fingerprint density at radius 2 is 2.11 bits per heavy atom. The Bertz CT molecular complexity index is 474. The van der Waals surface area contributed by atoms with Crippen molar-refractivity contribution >= 4 is 17.3 Å². The van der Waals surface area contributed by atoms with Crippen molar-refractivity contribution in [2.45, 2.75) is 20.3 Å². The van der Waals surface area contributed by atoms with Gasteiger partial charge in [0.05, 0.1) is 10.5 Å². The Morgan fingerprint density at radius 1 is 1.42 bits per heavy atom. The normalized spacial score (nSPS) is 10.1. The molecule has 0 bridgehead atoms. The van der Waals surface area contributed by atoms with Crippen molar-refractivity contribution in [1.82, 2.24) is 4.90 Å². The zero-order valence-corrected chi connectivity index (χ0v) is 11.5. The average molecular weight is 265 g/mol. The molecule has 0 spiro atoms. The van der Waals surface area contributed by atoms with Crippen molar-refractivity contribution in [2.75, 3.05) is 25.5 Å². The van der Waals surface area contributed by atoms with Crippen LogP contribution in [0.3, 0.4) is 0 Å². The zero-order chi connectivity index (χ0) is 14.4. The highest BCUT2D eigenvalue weighted by molar-refractivity contribution is 6.01. The molecule has 1 aromatic rings. The number of amides is 1. The van der Waals surface area contributed by atoms with Crippen molar-refractivity contribution in [1.29, 1.82) is 0 Å². The second-order valence-electron chi connectivity index (χ2n) is 4.09. The molecule has 0 aliphatic heterocycles. The van der Waals surface area contributed by atoms with E-state index in [1.807, 2.05) is 13.8 Å². The number of nitrogens with zero attached hydrogens (tertiary/aromatic N) is 2. The van der Waals surface area contributed by atoms with Gasteiger partial charge in [0, 0.05) is 26.2 Å². The summed E-state index contributed by atoms with van der Waals surface area (Å²) in [6.07, 6.45) is 0.851. The van der Waals surface area contributed by atoms with E-state index in [0.717, 1.165) is 6.42 Å². The van der Waals surface area contributed by atoms with E-state index in [-0.39, 0.29) is 17.3 Å². The van der Waals surface area contributed by atoms with E-state index in [1.165, 1.54) is 12.1 Å². The van der Waals surface area contributed by atoms with Gasteiger partial charge in [0.1, 0.15) is 5.69 Å². The van der Waals surface area contributed by atoms with E-state index in [0.29, 0.717) is 18.7 Å². The molecular weight excluding hydrogens is 246 g/mol. The van der Waals surface area contributed by atoms with Crippen molar-refractivity contribution < 1.29 is 9.72 Å². The van der Waals surface area contributed by atoms with Crippen LogP contribution in [0.1, 0.15) is 30.6 Å². The summed E-state index contributed by atoms with van der Waals surface area (Å²) >= 11 is 0. The van der Waals surface area contributed by atoms with Crippen molar-refractivity contribution in [2.24, 2.45) is 0 Å². The van der Waals surface area contributed by atoms with Gasteiger partial charge in [-0.1, -0.05) is 13.0 Å². The number of carbonyl (C=O) groups excluding carboxylic acids is 1. The largest absolute Gasteiger partial charge is 0.382 e. The molecule has 0 unspecified atom stereocenters. The van der Waals surface area contributed by atoms with Gasteiger partial charge in [-0.25, -0.2) is 0 Å². The number of nitro benzene ring substituents is 1. The molecule has 1 amide bonds. The van der Waals surface area contributed by atoms with Gasteiger partial charge in [0.15, 0.2) is 0 Å². The Balaban J connectivity index is 3.22. The number of para-hydroxylation sites is 1. The van der Waals surface area contributed by atoms with Crippen LogP contribution in [0.25, 0.3) is 0 Å². The lowest BCUT2D eigenvalue weighted by Crippen LogP contribution is -2.32. The molecule has 1 N–H and O–H groups in total. The lowest BCUT2D eigenvalue weighted by atomic mass is 10.1. The summed E-state index contributed by atoms with van der Waals surface area (Å²) < 4.78 is 0. The number of rotatable bonds is 6. The number of nitro groups is 1. The van der Waals surface area contributed by atoms with Crippen LogP contribution >= 0.6 is 0 Å². The number of anilines is 1. The van der Waals surface area contributed by atoms with Crippen LogP contribution in [0, 0.1) is 10.1 Å². The molecule has 1 aromatic carbocycles. The van der Waals surface area contributed by atoms with Crippen LogP contribution in [0.5, 0.6) is 0 Å². The minimum Gasteiger partial charge on any atom is -0.382 e. The molecule has 0 radical (unpaired) electrons. The van der Waals surface area contributed by atoms with Crippen molar-refractivity contribution in [3.63, 3.8) is 0 Å². The molecule has 6 heteroatoms. The summed E-state index contributed by atoms with van der Waals surface area (Å²) in [6, 6.07) is 4.53. The standard InChI is InChI=1S/C13H19N3O3/c1-4-9-15(5-2)13(17)10-7-6-8-11(16(18)19)12(10)14-3/h6-8,14H,4-5,9H2,1-3H3. The lowest BCUT2D eigenvalue weighted by molar-refractivity contribution is -0.384. The van der Waals surface area contributed by atoms with Crippen LogP contribution in [-0.4, -0.2) is 35.9 Å². The lowest BCUT2D eigenvalue weighted by Gasteiger charge is -2.21. The van der Waals surface area contributed by atoms with E-state index in [1.54, 1.807) is 18.0 Å². The summed E-state index contributed by atoms with van der Waals surface area (Å²) in [7, 11) is 1.58. The van der Waals surface area contributed by atoms with Crippen LogP contribution in [0.2, 0.25) is 0 Å². The fraction of sp³-hybridized carbons (Fsp3) is 0.462. The third-order valence-electron chi connectivity index (χ3n) is 2.88. The van der Waals surface area contributed by atoms with Crippen molar-refractivity contribution in [3.8, 4) is 0 Å². The topological polar surface area (TPSA) is 75.5 Å². The average Bonchev–Trinajstić information content (AvgIpc) is 2.42. The molecule has 0 saturated heterocycles. The molecule has 19 heavy (non-hydrogen) atoms. The number of hydrogen-bond donors (Lipinski definition) is 1. The summed E-state index contributed by atoms with van der Waals surface area (Å²) in [5.74, 6) is -0.183. The molecule has 0 atom stereocenters. The first-order valence-corrected chi connectivity index (χ1v) is 6.31. The molecule has 1 rings (SSSR count). The smallest absolute Gasteiger partial charge is 0.293 e. The fourth-order valence-electron chi connectivity index (χ4n) is 1.98. The van der Waals surface area contributed by atoms with Gasteiger partial charge in [0.2, 0.25) is 0 Å².